The van der Waals surface area contributed by atoms with Gasteiger partial charge in [0.1, 0.15) is 11.2 Å². The van der Waals surface area contributed by atoms with Gasteiger partial charge in [-0.2, -0.15) is 0 Å². The summed E-state index contributed by atoms with van der Waals surface area (Å²) >= 11 is 0. The molecule has 0 spiro atoms. The van der Waals surface area contributed by atoms with Crippen molar-refractivity contribution in [2.45, 2.75) is 19.3 Å². The minimum atomic E-state index is -0.0674. The van der Waals surface area contributed by atoms with Crippen LogP contribution < -0.4 is 0 Å². The van der Waals surface area contributed by atoms with Crippen LogP contribution in [0.5, 0.6) is 0 Å². The Morgan fingerprint density at radius 3 is 1.90 bits per heavy atom. The third kappa shape index (κ3) is 3.88. The van der Waals surface area contributed by atoms with E-state index in [-0.39, 0.29) is 5.41 Å². The van der Waals surface area contributed by atoms with Gasteiger partial charge >= 0.3 is 0 Å². The van der Waals surface area contributed by atoms with Crippen molar-refractivity contribution >= 4 is 43.7 Å². The van der Waals surface area contributed by atoms with E-state index in [9.17, 15) is 0 Å². The minimum Gasteiger partial charge on any atom is -0.455 e. The summed E-state index contributed by atoms with van der Waals surface area (Å²) in [5.41, 5.74) is 15.1. The normalized spacial score (nSPS) is 13.4. The maximum absolute atomic E-state index is 6.44. The van der Waals surface area contributed by atoms with Crippen LogP contribution in [0.2, 0.25) is 0 Å². The van der Waals surface area contributed by atoms with Gasteiger partial charge in [0.05, 0.1) is 22.4 Å². The summed E-state index contributed by atoms with van der Waals surface area (Å²) < 4.78 is 6.44. The molecule has 3 aromatic heterocycles. The second kappa shape index (κ2) is 9.97. The van der Waals surface area contributed by atoms with Crippen LogP contribution in [0.1, 0.15) is 25.0 Å². The van der Waals surface area contributed by atoms with Crippen LogP contribution >= 0.6 is 0 Å². The van der Waals surface area contributed by atoms with Gasteiger partial charge in [0, 0.05) is 43.7 Å². The standard InChI is InChI=1S/C45H30N2O/c1-45(2)37-16-7-5-11-31(37)32-23-20-29(26-38(32)45)39-24-21-27-18-19-28-22-25-40(47-43(28)42(27)46-39)33-12-4-3-10-30(33)35-14-9-15-36-34-13-6-8-17-41(34)48-44(35)36/h3-26H,1-2H3. The van der Waals surface area contributed by atoms with Crippen LogP contribution in [-0.2, 0) is 5.41 Å². The van der Waals surface area contributed by atoms with Crippen LogP contribution in [-0.4, -0.2) is 9.97 Å². The molecule has 0 fully saturated rings. The average molecular weight is 615 g/mol. The number of pyridine rings is 2. The van der Waals surface area contributed by atoms with E-state index in [1.807, 2.05) is 12.1 Å². The zero-order valence-electron chi connectivity index (χ0n) is 26.7. The molecule has 226 valence electrons. The summed E-state index contributed by atoms with van der Waals surface area (Å²) in [6, 6.07) is 51.6. The minimum absolute atomic E-state index is 0.0674. The lowest BCUT2D eigenvalue weighted by molar-refractivity contribution is 0.660. The van der Waals surface area contributed by atoms with E-state index in [0.717, 1.165) is 77.4 Å². The molecule has 0 aliphatic heterocycles. The van der Waals surface area contributed by atoms with Crippen LogP contribution in [0.15, 0.2) is 150 Å². The molecule has 9 aromatic rings. The Balaban J connectivity index is 1.12. The molecule has 1 aliphatic rings. The molecular formula is C45H30N2O. The van der Waals surface area contributed by atoms with Gasteiger partial charge in [-0.25, -0.2) is 9.97 Å². The number of hydrogen-bond donors (Lipinski definition) is 0. The number of aromatic nitrogens is 2. The highest BCUT2D eigenvalue weighted by Crippen LogP contribution is 2.49. The lowest BCUT2D eigenvalue weighted by Gasteiger charge is -2.21. The Morgan fingerprint density at radius 1 is 0.458 bits per heavy atom. The van der Waals surface area contributed by atoms with E-state index >= 15 is 0 Å². The van der Waals surface area contributed by atoms with E-state index < -0.39 is 0 Å². The maximum Gasteiger partial charge on any atom is 0.143 e. The second-order valence-corrected chi connectivity index (χ2v) is 13.4. The van der Waals surface area contributed by atoms with E-state index in [2.05, 4.69) is 147 Å². The highest BCUT2D eigenvalue weighted by molar-refractivity contribution is 6.11. The predicted octanol–water partition coefficient (Wildman–Crippen LogP) is 12.0. The summed E-state index contributed by atoms with van der Waals surface area (Å²) in [7, 11) is 0. The van der Waals surface area contributed by atoms with E-state index in [4.69, 9.17) is 14.4 Å². The van der Waals surface area contributed by atoms with Gasteiger partial charge in [0.2, 0.25) is 0 Å². The monoisotopic (exact) mass is 614 g/mol. The molecule has 0 radical (unpaired) electrons. The fourth-order valence-electron chi connectivity index (χ4n) is 7.84. The molecule has 0 N–H and O–H groups in total. The molecule has 1 aliphatic carbocycles. The molecule has 3 nitrogen and oxygen atoms in total. The molecule has 0 saturated heterocycles. The van der Waals surface area contributed by atoms with Gasteiger partial charge in [-0.05, 0) is 52.1 Å². The van der Waals surface area contributed by atoms with Crippen molar-refractivity contribution in [1.29, 1.82) is 0 Å². The first kappa shape index (κ1) is 27.1. The second-order valence-electron chi connectivity index (χ2n) is 13.4. The summed E-state index contributed by atoms with van der Waals surface area (Å²) in [6.45, 7) is 4.64. The molecule has 0 amide bonds. The molecule has 0 saturated carbocycles. The highest BCUT2D eigenvalue weighted by Gasteiger charge is 2.35. The van der Waals surface area contributed by atoms with Gasteiger partial charge in [-0.1, -0.05) is 135 Å². The first-order valence-corrected chi connectivity index (χ1v) is 16.5. The fourth-order valence-corrected chi connectivity index (χ4v) is 7.84. The molecular weight excluding hydrogens is 585 g/mol. The van der Waals surface area contributed by atoms with Crippen molar-refractivity contribution < 1.29 is 4.42 Å². The van der Waals surface area contributed by atoms with E-state index in [1.165, 1.54) is 22.3 Å². The summed E-state index contributed by atoms with van der Waals surface area (Å²) in [6.07, 6.45) is 0. The van der Waals surface area contributed by atoms with Crippen LogP contribution in [0.25, 0.3) is 88.5 Å². The number of rotatable bonds is 3. The van der Waals surface area contributed by atoms with Gasteiger partial charge in [-0.15, -0.1) is 0 Å². The molecule has 0 atom stereocenters. The summed E-state index contributed by atoms with van der Waals surface area (Å²) in [5, 5.41) is 4.38. The topological polar surface area (TPSA) is 38.9 Å². The van der Waals surface area contributed by atoms with Crippen LogP contribution in [0.4, 0.5) is 0 Å². The average Bonchev–Trinajstić information content (AvgIpc) is 3.63. The lowest BCUT2D eigenvalue weighted by Crippen LogP contribution is -2.14. The van der Waals surface area contributed by atoms with Crippen molar-refractivity contribution in [2.75, 3.05) is 0 Å². The first-order valence-electron chi connectivity index (χ1n) is 16.5. The first-order chi connectivity index (χ1) is 23.5. The van der Waals surface area contributed by atoms with Gasteiger partial charge in [-0.3, -0.25) is 0 Å². The SMILES string of the molecule is CC1(C)c2ccccc2-c2ccc(-c3ccc4ccc5ccc(-c6ccccc6-c6cccc7c6oc6ccccc67)nc5c4n3)cc21. The summed E-state index contributed by atoms with van der Waals surface area (Å²) in [5.74, 6) is 0. The quantitative estimate of drug-likeness (QED) is 0.186. The largest absolute Gasteiger partial charge is 0.455 e. The van der Waals surface area contributed by atoms with Crippen molar-refractivity contribution in [3.05, 3.63) is 157 Å². The predicted molar refractivity (Wildman–Crippen MR) is 198 cm³/mol. The van der Waals surface area contributed by atoms with Crippen molar-refractivity contribution in [3.8, 4) is 44.8 Å². The Morgan fingerprint density at radius 2 is 1.06 bits per heavy atom. The lowest BCUT2D eigenvalue weighted by atomic mass is 9.82. The maximum atomic E-state index is 6.44. The Hall–Kier alpha value is -6.06. The number of furan rings is 1. The molecule has 3 heterocycles. The number of benzene rings is 6. The molecule has 10 rings (SSSR count). The number of para-hydroxylation sites is 2. The van der Waals surface area contributed by atoms with Crippen molar-refractivity contribution in [3.63, 3.8) is 0 Å². The third-order valence-corrected chi connectivity index (χ3v) is 10.3. The number of hydrogen-bond acceptors (Lipinski definition) is 3. The van der Waals surface area contributed by atoms with Crippen molar-refractivity contribution in [1.82, 2.24) is 9.97 Å². The molecule has 0 unspecified atom stereocenters. The van der Waals surface area contributed by atoms with Crippen LogP contribution in [0.3, 0.4) is 0 Å². The smallest absolute Gasteiger partial charge is 0.143 e. The van der Waals surface area contributed by atoms with Gasteiger partial charge in [0.15, 0.2) is 0 Å². The van der Waals surface area contributed by atoms with E-state index in [1.54, 1.807) is 0 Å². The molecule has 48 heavy (non-hydrogen) atoms. The van der Waals surface area contributed by atoms with Crippen LogP contribution in [0, 0.1) is 0 Å². The molecule has 3 heteroatoms. The Bertz CT molecular complexity index is 2770. The third-order valence-electron chi connectivity index (χ3n) is 10.3. The van der Waals surface area contributed by atoms with E-state index in [0.29, 0.717) is 0 Å². The van der Waals surface area contributed by atoms with Crippen molar-refractivity contribution in [2.24, 2.45) is 0 Å². The number of fused-ring (bicyclic) bond motifs is 9. The zero-order chi connectivity index (χ0) is 32.0. The Kier molecular flexibility index (Phi) is 5.63. The molecule has 0 bridgehead atoms. The van der Waals surface area contributed by atoms with Gasteiger partial charge in [0.25, 0.3) is 0 Å². The highest BCUT2D eigenvalue weighted by atomic mass is 16.3. The molecule has 6 aromatic carbocycles. The fraction of sp³-hybridized carbons (Fsp3) is 0.0667. The van der Waals surface area contributed by atoms with Gasteiger partial charge < -0.3 is 4.42 Å². The zero-order valence-corrected chi connectivity index (χ0v) is 26.7. The number of nitrogens with zero attached hydrogens (tertiary/aromatic N) is 2. The summed E-state index contributed by atoms with van der Waals surface area (Å²) in [4.78, 5) is 10.6. The Labute approximate surface area is 278 Å².